The fourth-order valence-corrected chi connectivity index (χ4v) is 5.43. The van der Waals surface area contributed by atoms with Gasteiger partial charge in [0.1, 0.15) is 11.6 Å². The van der Waals surface area contributed by atoms with Gasteiger partial charge in [0.05, 0.1) is 23.5 Å². The monoisotopic (exact) mass is 484 g/mol. The first-order chi connectivity index (χ1) is 15.9. The van der Waals surface area contributed by atoms with Gasteiger partial charge in [-0.2, -0.15) is 0 Å². The molecular formula is C23H25ClN6O2S. The van der Waals surface area contributed by atoms with Crippen molar-refractivity contribution in [1.29, 1.82) is 0 Å². The highest BCUT2D eigenvalue weighted by molar-refractivity contribution is 7.88. The molecule has 33 heavy (non-hydrogen) atoms. The standard InChI is InChI=1S/C23H25ClN6O2S/c1-33(31,32)28-18-9-12-29(13-10-18)22-7-2-16(14-26-22)23-27-20-8-11-25-15-21(20)30(23)19-5-3-17(24)4-6-19/h2-3,5,7-8,11,14-15,18,28H,4,6,9-10,12-13H2,1H3. The Bertz CT molecular complexity index is 1340. The summed E-state index contributed by atoms with van der Waals surface area (Å²) in [6.45, 7) is 1.51. The molecule has 5 rings (SSSR count). The van der Waals surface area contributed by atoms with Crippen molar-refractivity contribution in [2.45, 2.75) is 31.7 Å². The quantitative estimate of drug-likeness (QED) is 0.592. The molecule has 1 aliphatic heterocycles. The largest absolute Gasteiger partial charge is 0.357 e. The van der Waals surface area contributed by atoms with Crippen LogP contribution in [0.25, 0.3) is 28.1 Å². The number of allylic oxidation sites excluding steroid dienone is 4. The minimum absolute atomic E-state index is 0.0182. The normalized spacial score (nSPS) is 17.8. The van der Waals surface area contributed by atoms with Crippen molar-refractivity contribution in [3.05, 3.63) is 54.0 Å². The van der Waals surface area contributed by atoms with Gasteiger partial charge in [-0.3, -0.25) is 9.55 Å². The van der Waals surface area contributed by atoms with Crippen molar-refractivity contribution < 1.29 is 8.42 Å². The molecule has 10 heteroatoms. The highest BCUT2D eigenvalue weighted by Gasteiger charge is 2.23. The number of pyridine rings is 2. The van der Waals surface area contributed by atoms with E-state index >= 15 is 0 Å². The van der Waals surface area contributed by atoms with E-state index in [1.54, 1.807) is 6.20 Å². The number of nitrogens with zero attached hydrogens (tertiary/aromatic N) is 5. The van der Waals surface area contributed by atoms with Crippen LogP contribution in [0.2, 0.25) is 0 Å². The van der Waals surface area contributed by atoms with Crippen LogP contribution in [0.3, 0.4) is 0 Å². The van der Waals surface area contributed by atoms with E-state index in [0.717, 1.165) is 77.7 Å². The third kappa shape index (κ3) is 4.80. The summed E-state index contributed by atoms with van der Waals surface area (Å²) in [6, 6.07) is 5.95. The molecule has 0 saturated carbocycles. The van der Waals surface area contributed by atoms with E-state index in [1.807, 2.05) is 42.7 Å². The third-order valence-corrected chi connectivity index (χ3v) is 7.10. The molecule has 0 unspecified atom stereocenters. The second-order valence-corrected chi connectivity index (χ2v) is 10.7. The Hall–Kier alpha value is -2.75. The van der Waals surface area contributed by atoms with Crippen molar-refractivity contribution in [2.24, 2.45) is 0 Å². The lowest BCUT2D eigenvalue weighted by molar-refractivity contribution is 0.460. The number of nitrogens with one attached hydrogen (secondary N) is 1. The van der Waals surface area contributed by atoms with E-state index < -0.39 is 10.0 Å². The van der Waals surface area contributed by atoms with Gasteiger partial charge in [-0.1, -0.05) is 11.6 Å². The molecule has 0 bridgehead atoms. The summed E-state index contributed by atoms with van der Waals surface area (Å²) in [5, 5.41) is 0.851. The molecular weight excluding hydrogens is 460 g/mol. The van der Waals surface area contributed by atoms with Gasteiger partial charge in [0.25, 0.3) is 0 Å². The molecule has 8 nitrogen and oxygen atoms in total. The maximum Gasteiger partial charge on any atom is 0.208 e. The first-order valence-corrected chi connectivity index (χ1v) is 13.2. The lowest BCUT2D eigenvalue weighted by Gasteiger charge is -2.32. The molecule has 172 valence electrons. The van der Waals surface area contributed by atoms with Gasteiger partial charge in [-0.15, -0.1) is 0 Å². The molecule has 3 aromatic heterocycles. The van der Waals surface area contributed by atoms with E-state index in [4.69, 9.17) is 21.6 Å². The summed E-state index contributed by atoms with van der Waals surface area (Å²) in [7, 11) is -3.18. The average Bonchev–Trinajstić information content (AvgIpc) is 3.19. The molecule has 1 N–H and O–H groups in total. The topological polar surface area (TPSA) is 93.0 Å². The predicted molar refractivity (Wildman–Crippen MR) is 131 cm³/mol. The van der Waals surface area contributed by atoms with Crippen LogP contribution in [0.1, 0.15) is 25.7 Å². The lowest BCUT2D eigenvalue weighted by atomic mass is 10.1. The van der Waals surface area contributed by atoms with Crippen molar-refractivity contribution in [2.75, 3.05) is 24.2 Å². The maximum atomic E-state index is 11.5. The number of sulfonamides is 1. The number of anilines is 1. The Morgan fingerprint density at radius 2 is 1.91 bits per heavy atom. The number of hydrogen-bond donors (Lipinski definition) is 1. The minimum Gasteiger partial charge on any atom is -0.357 e. The van der Waals surface area contributed by atoms with Gasteiger partial charge < -0.3 is 4.90 Å². The molecule has 3 aromatic rings. The average molecular weight is 485 g/mol. The zero-order valence-corrected chi connectivity index (χ0v) is 19.8. The smallest absolute Gasteiger partial charge is 0.208 e. The Balaban J connectivity index is 1.41. The van der Waals surface area contributed by atoms with Gasteiger partial charge in [-0.25, -0.2) is 23.1 Å². The van der Waals surface area contributed by atoms with Crippen LogP contribution in [0.15, 0.2) is 54.0 Å². The highest BCUT2D eigenvalue weighted by atomic mass is 35.5. The Morgan fingerprint density at radius 1 is 1.09 bits per heavy atom. The Morgan fingerprint density at radius 3 is 2.58 bits per heavy atom. The number of imidazole rings is 1. The van der Waals surface area contributed by atoms with E-state index in [1.165, 1.54) is 6.26 Å². The second kappa shape index (κ2) is 8.89. The second-order valence-electron chi connectivity index (χ2n) is 8.46. The Labute approximate surface area is 198 Å². The molecule has 0 radical (unpaired) electrons. The molecule has 0 atom stereocenters. The van der Waals surface area contributed by atoms with E-state index in [9.17, 15) is 8.42 Å². The minimum atomic E-state index is -3.18. The van der Waals surface area contributed by atoms with E-state index in [0.29, 0.717) is 0 Å². The van der Waals surface area contributed by atoms with Crippen LogP contribution in [-0.2, 0) is 10.0 Å². The fourth-order valence-electron chi connectivity index (χ4n) is 4.43. The first-order valence-electron chi connectivity index (χ1n) is 10.9. The zero-order valence-electron chi connectivity index (χ0n) is 18.3. The summed E-state index contributed by atoms with van der Waals surface area (Å²) in [4.78, 5) is 16.1. The van der Waals surface area contributed by atoms with Gasteiger partial charge >= 0.3 is 0 Å². The summed E-state index contributed by atoms with van der Waals surface area (Å²) < 4.78 is 27.8. The first kappa shape index (κ1) is 22.1. The van der Waals surface area contributed by atoms with Crippen molar-refractivity contribution in [1.82, 2.24) is 24.2 Å². The molecule has 1 saturated heterocycles. The molecule has 4 heterocycles. The summed E-state index contributed by atoms with van der Waals surface area (Å²) in [5.41, 5.74) is 3.88. The SMILES string of the molecule is CS(=O)(=O)NC1CCN(c2ccc(-c3nc4ccncc4n3C3=CC=C(Cl)CC3)cn2)CC1. The molecule has 1 aliphatic carbocycles. The fraction of sp³-hybridized carbons (Fsp3) is 0.348. The molecule has 0 spiro atoms. The van der Waals surface area contributed by atoms with Crippen molar-refractivity contribution >= 4 is 44.2 Å². The van der Waals surface area contributed by atoms with Crippen LogP contribution >= 0.6 is 11.6 Å². The predicted octanol–water partition coefficient (Wildman–Crippen LogP) is 3.77. The number of halogens is 1. The van der Waals surface area contributed by atoms with Crippen LogP contribution in [0, 0.1) is 0 Å². The van der Waals surface area contributed by atoms with Gasteiger partial charge in [0.2, 0.25) is 10.0 Å². The van der Waals surface area contributed by atoms with Crippen LogP contribution in [0.5, 0.6) is 0 Å². The summed E-state index contributed by atoms with van der Waals surface area (Å²) in [5.74, 6) is 1.71. The molecule has 2 aliphatic rings. The summed E-state index contributed by atoms with van der Waals surface area (Å²) in [6.07, 6.45) is 13.8. The van der Waals surface area contributed by atoms with Crippen LogP contribution < -0.4 is 9.62 Å². The Kier molecular flexibility index (Phi) is 5.94. The molecule has 0 aromatic carbocycles. The number of fused-ring (bicyclic) bond motifs is 1. The summed E-state index contributed by atoms with van der Waals surface area (Å²) >= 11 is 6.18. The zero-order chi connectivity index (χ0) is 23.0. The van der Waals surface area contributed by atoms with Gasteiger partial charge in [-0.05, 0) is 56.0 Å². The number of rotatable bonds is 5. The lowest BCUT2D eigenvalue weighted by Crippen LogP contribution is -2.44. The maximum absolute atomic E-state index is 11.5. The highest BCUT2D eigenvalue weighted by Crippen LogP contribution is 2.33. The van der Waals surface area contributed by atoms with Crippen molar-refractivity contribution in [3.8, 4) is 11.4 Å². The number of piperidine rings is 1. The van der Waals surface area contributed by atoms with Crippen molar-refractivity contribution in [3.63, 3.8) is 0 Å². The van der Waals surface area contributed by atoms with Crippen LogP contribution in [0.4, 0.5) is 5.82 Å². The third-order valence-electron chi connectivity index (χ3n) is 6.03. The number of hydrogen-bond acceptors (Lipinski definition) is 6. The van der Waals surface area contributed by atoms with E-state index in [2.05, 4.69) is 19.2 Å². The molecule has 0 amide bonds. The molecule has 1 fully saturated rings. The van der Waals surface area contributed by atoms with Gasteiger partial charge in [0.15, 0.2) is 0 Å². The van der Waals surface area contributed by atoms with Gasteiger partial charge in [0, 0.05) is 47.8 Å². The van der Waals surface area contributed by atoms with Crippen LogP contribution in [-0.4, -0.2) is 53.3 Å². The number of aromatic nitrogens is 4. The van der Waals surface area contributed by atoms with E-state index in [-0.39, 0.29) is 6.04 Å².